The number of benzene rings is 1. The summed E-state index contributed by atoms with van der Waals surface area (Å²) in [5.41, 5.74) is -3.37. The van der Waals surface area contributed by atoms with Gasteiger partial charge in [0.15, 0.2) is 10.6 Å². The Balaban J connectivity index is 1.87. The molecule has 3 atom stereocenters. The molecule has 29 heavy (non-hydrogen) atoms. The SMILES string of the molecule is CC1(C(=O)O)C=CC(C(=O)c2ncc(Cc3ccc(F)cc3)s2)C(O)(C(=O)O)C1. The molecule has 3 unspecified atom stereocenters. The number of hydrogen-bond donors (Lipinski definition) is 3. The Morgan fingerprint density at radius 3 is 2.45 bits per heavy atom. The molecule has 7 nitrogen and oxygen atoms in total. The van der Waals surface area contributed by atoms with E-state index >= 15 is 0 Å². The number of carbonyl (C=O) groups excluding carboxylic acids is 1. The first kappa shape index (κ1) is 20.8. The van der Waals surface area contributed by atoms with Crippen molar-refractivity contribution in [3.63, 3.8) is 0 Å². The smallest absolute Gasteiger partial charge is 0.336 e. The Morgan fingerprint density at radius 2 is 1.86 bits per heavy atom. The van der Waals surface area contributed by atoms with Gasteiger partial charge in [0, 0.05) is 23.9 Å². The third-order valence-corrected chi connectivity index (χ3v) is 6.02. The topological polar surface area (TPSA) is 125 Å². The van der Waals surface area contributed by atoms with Gasteiger partial charge in [-0.05, 0) is 24.6 Å². The van der Waals surface area contributed by atoms with Crippen molar-refractivity contribution >= 4 is 29.1 Å². The number of rotatable bonds is 6. The van der Waals surface area contributed by atoms with E-state index in [4.69, 9.17) is 0 Å². The average Bonchev–Trinajstić information content (AvgIpc) is 3.11. The zero-order valence-corrected chi connectivity index (χ0v) is 16.1. The van der Waals surface area contributed by atoms with E-state index in [-0.39, 0.29) is 10.8 Å². The van der Waals surface area contributed by atoms with Gasteiger partial charge in [0.1, 0.15) is 5.82 Å². The van der Waals surface area contributed by atoms with E-state index in [0.717, 1.165) is 23.0 Å². The molecule has 152 valence electrons. The molecule has 0 aliphatic heterocycles. The minimum atomic E-state index is -2.57. The number of nitrogens with zero attached hydrogens (tertiary/aromatic N) is 1. The molecular formula is C20H18FNO6S. The van der Waals surface area contributed by atoms with Crippen LogP contribution < -0.4 is 0 Å². The number of Topliss-reactive ketones (excluding diaryl/α,β-unsaturated/α-hetero) is 1. The fraction of sp³-hybridized carbons (Fsp3) is 0.300. The first-order chi connectivity index (χ1) is 13.5. The summed E-state index contributed by atoms with van der Waals surface area (Å²) in [4.78, 5) is 40.8. The van der Waals surface area contributed by atoms with Gasteiger partial charge in [-0.1, -0.05) is 24.3 Å². The fourth-order valence-electron chi connectivity index (χ4n) is 3.30. The first-order valence-corrected chi connectivity index (χ1v) is 9.49. The number of carbonyl (C=O) groups is 3. The molecule has 9 heteroatoms. The van der Waals surface area contributed by atoms with Crippen molar-refractivity contribution in [1.29, 1.82) is 0 Å². The van der Waals surface area contributed by atoms with Gasteiger partial charge in [-0.2, -0.15) is 0 Å². The summed E-state index contributed by atoms with van der Waals surface area (Å²) < 4.78 is 13.0. The molecule has 0 fully saturated rings. The summed E-state index contributed by atoms with van der Waals surface area (Å²) in [5.74, 6) is -5.49. The fourth-order valence-corrected chi connectivity index (χ4v) is 4.22. The molecule has 2 aromatic rings. The summed E-state index contributed by atoms with van der Waals surface area (Å²) in [6.07, 6.45) is 3.60. The molecule has 0 spiro atoms. The van der Waals surface area contributed by atoms with Crippen molar-refractivity contribution in [2.24, 2.45) is 11.3 Å². The van der Waals surface area contributed by atoms with E-state index in [9.17, 15) is 34.1 Å². The van der Waals surface area contributed by atoms with Crippen LogP contribution >= 0.6 is 11.3 Å². The van der Waals surface area contributed by atoms with Crippen molar-refractivity contribution in [3.05, 3.63) is 63.9 Å². The number of aromatic nitrogens is 1. The molecule has 1 heterocycles. The van der Waals surface area contributed by atoms with E-state index < -0.39 is 41.1 Å². The monoisotopic (exact) mass is 419 g/mol. The molecule has 0 radical (unpaired) electrons. The molecule has 0 bridgehead atoms. The predicted molar refractivity (Wildman–Crippen MR) is 101 cm³/mol. The van der Waals surface area contributed by atoms with Crippen molar-refractivity contribution in [1.82, 2.24) is 4.98 Å². The van der Waals surface area contributed by atoms with Crippen molar-refractivity contribution in [2.75, 3.05) is 0 Å². The van der Waals surface area contributed by atoms with Gasteiger partial charge in [-0.25, -0.2) is 14.2 Å². The number of ketones is 1. The Kier molecular flexibility index (Phi) is 5.38. The maximum absolute atomic E-state index is 13.0. The Bertz CT molecular complexity index is 1000. The van der Waals surface area contributed by atoms with Crippen LogP contribution in [0.4, 0.5) is 4.39 Å². The van der Waals surface area contributed by atoms with Crippen LogP contribution in [0.15, 0.2) is 42.6 Å². The number of aliphatic carboxylic acids is 2. The molecule has 0 amide bonds. The van der Waals surface area contributed by atoms with Gasteiger partial charge in [0.2, 0.25) is 5.78 Å². The molecule has 0 saturated carbocycles. The molecular weight excluding hydrogens is 401 g/mol. The second-order valence-electron chi connectivity index (χ2n) is 7.26. The molecule has 1 aliphatic rings. The molecule has 1 aromatic carbocycles. The van der Waals surface area contributed by atoms with Crippen LogP contribution in [0.25, 0.3) is 0 Å². The third-order valence-electron chi connectivity index (χ3n) is 5.01. The molecule has 3 rings (SSSR count). The Morgan fingerprint density at radius 1 is 1.21 bits per heavy atom. The van der Waals surface area contributed by atoms with Crippen LogP contribution in [-0.4, -0.2) is 43.6 Å². The standard InChI is InChI=1S/C20H18FNO6S/c1-19(17(24)25)7-6-14(20(28,10-19)18(26)27)15(23)16-22-9-13(29-16)8-11-2-4-12(21)5-3-11/h2-7,9,14,28H,8,10H2,1H3,(H,24,25)(H,26,27). The van der Waals surface area contributed by atoms with E-state index in [0.29, 0.717) is 11.3 Å². The summed E-state index contributed by atoms with van der Waals surface area (Å²) >= 11 is 1.04. The minimum absolute atomic E-state index is 0.00960. The summed E-state index contributed by atoms with van der Waals surface area (Å²) in [7, 11) is 0. The van der Waals surface area contributed by atoms with Gasteiger partial charge >= 0.3 is 11.9 Å². The molecule has 3 N–H and O–H groups in total. The van der Waals surface area contributed by atoms with Crippen LogP contribution in [-0.2, 0) is 16.0 Å². The van der Waals surface area contributed by atoms with Gasteiger partial charge in [0.05, 0.1) is 11.3 Å². The van der Waals surface area contributed by atoms with Crippen LogP contribution in [0.5, 0.6) is 0 Å². The van der Waals surface area contributed by atoms with E-state index in [2.05, 4.69) is 4.98 Å². The largest absolute Gasteiger partial charge is 0.481 e. The van der Waals surface area contributed by atoms with Crippen LogP contribution in [0.3, 0.4) is 0 Å². The second kappa shape index (κ2) is 7.49. The van der Waals surface area contributed by atoms with Crippen molar-refractivity contribution in [3.8, 4) is 0 Å². The minimum Gasteiger partial charge on any atom is -0.481 e. The second-order valence-corrected chi connectivity index (χ2v) is 8.38. The van der Waals surface area contributed by atoms with Crippen LogP contribution in [0.2, 0.25) is 0 Å². The number of halogens is 1. The predicted octanol–water partition coefficient (Wildman–Crippen LogP) is 2.54. The number of carboxylic acids is 2. The third kappa shape index (κ3) is 3.96. The van der Waals surface area contributed by atoms with Gasteiger partial charge < -0.3 is 15.3 Å². The summed E-state index contributed by atoms with van der Waals surface area (Å²) in [6, 6.07) is 5.86. The quantitative estimate of drug-likeness (QED) is 0.485. The molecule has 0 saturated heterocycles. The zero-order valence-electron chi connectivity index (χ0n) is 15.3. The van der Waals surface area contributed by atoms with Gasteiger partial charge in [-0.3, -0.25) is 9.59 Å². The molecule has 1 aromatic heterocycles. The lowest BCUT2D eigenvalue weighted by molar-refractivity contribution is -0.169. The van der Waals surface area contributed by atoms with Crippen molar-refractivity contribution in [2.45, 2.75) is 25.4 Å². The van der Waals surface area contributed by atoms with Crippen LogP contribution in [0.1, 0.15) is 33.6 Å². The highest BCUT2D eigenvalue weighted by Crippen LogP contribution is 2.42. The lowest BCUT2D eigenvalue weighted by atomic mass is 9.67. The highest BCUT2D eigenvalue weighted by atomic mass is 32.1. The Hall–Kier alpha value is -2.91. The number of carboxylic acid groups (broad SMARTS) is 2. The highest BCUT2D eigenvalue weighted by molar-refractivity contribution is 7.13. The van der Waals surface area contributed by atoms with E-state index in [1.165, 1.54) is 31.3 Å². The lowest BCUT2D eigenvalue weighted by Gasteiger charge is -2.38. The summed E-state index contributed by atoms with van der Waals surface area (Å²) in [5, 5.41) is 29.6. The lowest BCUT2D eigenvalue weighted by Crippen LogP contribution is -2.54. The van der Waals surface area contributed by atoms with E-state index in [1.54, 1.807) is 12.1 Å². The number of thiazole rings is 1. The maximum Gasteiger partial charge on any atom is 0.336 e. The van der Waals surface area contributed by atoms with E-state index in [1.807, 2.05) is 0 Å². The van der Waals surface area contributed by atoms with Crippen LogP contribution in [0, 0.1) is 17.2 Å². The highest BCUT2D eigenvalue weighted by Gasteiger charge is 2.55. The first-order valence-electron chi connectivity index (χ1n) is 8.67. The average molecular weight is 419 g/mol. The summed E-state index contributed by atoms with van der Waals surface area (Å²) in [6.45, 7) is 1.28. The Labute approximate surface area is 169 Å². The molecule has 1 aliphatic carbocycles. The van der Waals surface area contributed by atoms with Crippen molar-refractivity contribution < 1.29 is 34.1 Å². The number of hydrogen-bond acceptors (Lipinski definition) is 6. The van der Waals surface area contributed by atoms with Gasteiger partial charge in [-0.15, -0.1) is 11.3 Å². The van der Waals surface area contributed by atoms with Gasteiger partial charge in [0.25, 0.3) is 0 Å². The normalized spacial score (nSPS) is 26.2. The zero-order chi connectivity index (χ0) is 21.4. The number of aliphatic hydroxyl groups is 1. The maximum atomic E-state index is 13.0.